The zero-order valence-corrected chi connectivity index (χ0v) is 15.5. The predicted molar refractivity (Wildman–Crippen MR) is 95.5 cm³/mol. The molecule has 1 aromatic carbocycles. The van der Waals surface area contributed by atoms with Crippen molar-refractivity contribution in [3.05, 3.63) is 23.8 Å². The van der Waals surface area contributed by atoms with Crippen molar-refractivity contribution >= 4 is 23.6 Å². The maximum absolute atomic E-state index is 12.0. The summed E-state index contributed by atoms with van der Waals surface area (Å²) >= 11 is 0. The number of hydrogen-bond donors (Lipinski definition) is 2. The molecule has 0 unspecified atom stereocenters. The molecule has 25 heavy (non-hydrogen) atoms. The third kappa shape index (κ3) is 8.06. The summed E-state index contributed by atoms with van der Waals surface area (Å²) in [6, 6.07) is 6.94. The molecule has 1 rings (SSSR count). The van der Waals surface area contributed by atoms with Gasteiger partial charge >= 0.3 is 12.2 Å². The number of nitrogens with zero attached hydrogens (tertiary/aromatic N) is 1. The topological polar surface area (TPSA) is 100 Å². The Kier molecular flexibility index (Phi) is 6.40. The number of benzene rings is 1. The number of ether oxygens (including phenoxy) is 2. The van der Waals surface area contributed by atoms with E-state index >= 15 is 0 Å². The van der Waals surface area contributed by atoms with Crippen LogP contribution in [0.4, 0.5) is 21.0 Å². The number of carbonyl (C=O) groups excluding carboxylic acids is 2. The molecule has 0 aromatic heterocycles. The minimum absolute atomic E-state index is 0.176. The maximum Gasteiger partial charge on any atom is 0.412 e. The molecule has 7 heteroatoms. The second-order valence-electron chi connectivity index (χ2n) is 7.47. The van der Waals surface area contributed by atoms with E-state index in [1.54, 1.807) is 59.7 Å². The lowest BCUT2D eigenvalue weighted by Gasteiger charge is -2.22. The summed E-state index contributed by atoms with van der Waals surface area (Å²) in [5, 5.41) is 14.0. The molecule has 0 aliphatic rings. The van der Waals surface area contributed by atoms with Gasteiger partial charge in [0.1, 0.15) is 11.2 Å². The zero-order chi connectivity index (χ0) is 19.3. The SMILES string of the molecule is CC(C)(C)OC(=O)Nc1ccc(CC#N)cc1NC(=O)OC(C)(C)C. The lowest BCUT2D eigenvalue weighted by atomic mass is 10.1. The molecular weight excluding hydrogens is 322 g/mol. The summed E-state index contributed by atoms with van der Waals surface area (Å²) in [7, 11) is 0. The van der Waals surface area contributed by atoms with Crippen LogP contribution in [0.5, 0.6) is 0 Å². The van der Waals surface area contributed by atoms with Gasteiger partial charge in [-0.2, -0.15) is 5.26 Å². The Bertz CT molecular complexity index is 679. The fourth-order valence-electron chi connectivity index (χ4n) is 1.83. The number of rotatable bonds is 3. The number of carbonyl (C=O) groups is 2. The summed E-state index contributed by atoms with van der Waals surface area (Å²) in [4.78, 5) is 24.0. The van der Waals surface area contributed by atoms with Crippen LogP contribution < -0.4 is 10.6 Å². The lowest BCUT2D eigenvalue weighted by Crippen LogP contribution is -2.29. The molecule has 7 nitrogen and oxygen atoms in total. The second kappa shape index (κ2) is 7.88. The van der Waals surface area contributed by atoms with E-state index in [9.17, 15) is 9.59 Å². The molecule has 0 fully saturated rings. The van der Waals surface area contributed by atoms with Gasteiger partial charge in [0.25, 0.3) is 0 Å². The summed E-state index contributed by atoms with van der Waals surface area (Å²) in [5.41, 5.74) is 0.0643. The van der Waals surface area contributed by atoms with Gasteiger partial charge in [-0.15, -0.1) is 0 Å². The monoisotopic (exact) mass is 347 g/mol. The van der Waals surface area contributed by atoms with Gasteiger partial charge in [0.15, 0.2) is 0 Å². The summed E-state index contributed by atoms with van der Waals surface area (Å²) in [6.07, 6.45) is -1.13. The van der Waals surface area contributed by atoms with Crippen molar-refractivity contribution in [3.63, 3.8) is 0 Å². The molecule has 136 valence electrons. The molecule has 2 N–H and O–H groups in total. The van der Waals surface area contributed by atoms with Crippen LogP contribution in [0, 0.1) is 11.3 Å². The van der Waals surface area contributed by atoms with Crippen LogP contribution in [0.25, 0.3) is 0 Å². The van der Waals surface area contributed by atoms with E-state index in [1.165, 1.54) is 0 Å². The third-order valence-electron chi connectivity index (χ3n) is 2.64. The number of hydrogen-bond acceptors (Lipinski definition) is 5. The molecule has 0 aliphatic heterocycles. The Balaban J connectivity index is 3.01. The van der Waals surface area contributed by atoms with Gasteiger partial charge in [-0.25, -0.2) is 9.59 Å². The standard InChI is InChI=1S/C18H25N3O4/c1-17(2,3)24-15(22)20-13-8-7-12(9-10-19)11-14(13)21-16(23)25-18(4,5)6/h7-8,11H,9H2,1-6H3,(H,20,22)(H,21,23). The van der Waals surface area contributed by atoms with Gasteiger partial charge in [0.05, 0.1) is 23.9 Å². The molecule has 1 aromatic rings. The Hall–Kier alpha value is -2.75. The predicted octanol–water partition coefficient (Wildman–Crippen LogP) is 4.45. The van der Waals surface area contributed by atoms with Crippen LogP contribution in [-0.4, -0.2) is 23.4 Å². The Morgan fingerprint density at radius 2 is 1.44 bits per heavy atom. The molecule has 0 spiro atoms. The summed E-state index contributed by atoms with van der Waals surface area (Å²) in [5.74, 6) is 0. The highest BCUT2D eigenvalue weighted by molar-refractivity contribution is 5.95. The number of nitrogens with one attached hydrogen (secondary N) is 2. The van der Waals surface area contributed by atoms with Crippen LogP contribution in [0.2, 0.25) is 0 Å². The van der Waals surface area contributed by atoms with Crippen LogP contribution in [0.1, 0.15) is 47.1 Å². The first-order chi connectivity index (χ1) is 11.4. The Labute approximate surface area is 148 Å². The van der Waals surface area contributed by atoms with Crippen LogP contribution >= 0.6 is 0 Å². The Morgan fingerprint density at radius 3 is 1.88 bits per heavy atom. The zero-order valence-electron chi connectivity index (χ0n) is 15.5. The van der Waals surface area contributed by atoms with Crippen LogP contribution in [0.3, 0.4) is 0 Å². The van der Waals surface area contributed by atoms with Crippen LogP contribution in [-0.2, 0) is 15.9 Å². The van der Waals surface area contributed by atoms with E-state index in [0.717, 1.165) is 0 Å². The second-order valence-corrected chi connectivity index (χ2v) is 7.47. The highest BCUT2D eigenvalue weighted by atomic mass is 16.6. The average Bonchev–Trinajstić information content (AvgIpc) is 2.37. The third-order valence-corrected chi connectivity index (χ3v) is 2.64. The Morgan fingerprint density at radius 1 is 0.960 bits per heavy atom. The molecule has 0 radical (unpaired) electrons. The smallest absolute Gasteiger partial charge is 0.412 e. The van der Waals surface area contributed by atoms with E-state index in [-0.39, 0.29) is 6.42 Å². The largest absolute Gasteiger partial charge is 0.444 e. The molecular formula is C18H25N3O4. The molecule has 0 saturated carbocycles. The molecule has 2 amide bonds. The summed E-state index contributed by atoms with van der Waals surface area (Å²) < 4.78 is 10.4. The van der Waals surface area contributed by atoms with Gasteiger partial charge in [-0.05, 0) is 59.2 Å². The van der Waals surface area contributed by atoms with Crippen molar-refractivity contribution < 1.29 is 19.1 Å². The first-order valence-corrected chi connectivity index (χ1v) is 7.89. The summed E-state index contributed by atoms with van der Waals surface area (Å²) in [6.45, 7) is 10.5. The van der Waals surface area contributed by atoms with Crippen LogP contribution in [0.15, 0.2) is 18.2 Å². The fraction of sp³-hybridized carbons (Fsp3) is 0.500. The fourth-order valence-corrected chi connectivity index (χ4v) is 1.83. The van der Waals surface area contributed by atoms with Crippen molar-refractivity contribution in [3.8, 4) is 6.07 Å². The molecule has 0 bridgehead atoms. The van der Waals surface area contributed by atoms with Gasteiger partial charge < -0.3 is 9.47 Å². The highest BCUT2D eigenvalue weighted by Gasteiger charge is 2.20. The molecule has 0 heterocycles. The quantitative estimate of drug-likeness (QED) is 0.841. The van der Waals surface area contributed by atoms with E-state index in [2.05, 4.69) is 10.6 Å². The minimum Gasteiger partial charge on any atom is -0.444 e. The van der Waals surface area contributed by atoms with Crippen molar-refractivity contribution in [2.45, 2.75) is 59.2 Å². The van der Waals surface area contributed by atoms with E-state index < -0.39 is 23.4 Å². The van der Waals surface area contributed by atoms with Gasteiger partial charge in [0.2, 0.25) is 0 Å². The number of nitriles is 1. The molecule has 0 atom stereocenters. The van der Waals surface area contributed by atoms with Gasteiger partial charge in [-0.3, -0.25) is 10.6 Å². The van der Waals surface area contributed by atoms with Crippen molar-refractivity contribution in [2.75, 3.05) is 10.6 Å². The molecule has 0 aliphatic carbocycles. The lowest BCUT2D eigenvalue weighted by molar-refractivity contribution is 0.0621. The number of amides is 2. The highest BCUT2D eigenvalue weighted by Crippen LogP contribution is 2.25. The van der Waals surface area contributed by atoms with Crippen molar-refractivity contribution in [1.29, 1.82) is 5.26 Å². The van der Waals surface area contributed by atoms with Gasteiger partial charge in [0, 0.05) is 0 Å². The van der Waals surface area contributed by atoms with E-state index in [1.807, 2.05) is 6.07 Å². The first-order valence-electron chi connectivity index (χ1n) is 7.89. The van der Waals surface area contributed by atoms with E-state index in [0.29, 0.717) is 16.9 Å². The average molecular weight is 347 g/mol. The number of anilines is 2. The van der Waals surface area contributed by atoms with Crippen molar-refractivity contribution in [1.82, 2.24) is 0 Å². The maximum atomic E-state index is 12.0. The minimum atomic E-state index is -0.660. The van der Waals surface area contributed by atoms with Gasteiger partial charge in [-0.1, -0.05) is 6.07 Å². The van der Waals surface area contributed by atoms with E-state index in [4.69, 9.17) is 14.7 Å². The molecule has 0 saturated heterocycles. The normalized spacial score (nSPS) is 11.2. The first kappa shape index (κ1) is 20.3. The van der Waals surface area contributed by atoms with Crippen molar-refractivity contribution in [2.24, 2.45) is 0 Å².